The topological polar surface area (TPSA) is 137 Å². The molecule has 0 aromatic heterocycles. The molecule has 23 heavy (non-hydrogen) atoms. The van der Waals surface area contributed by atoms with Crippen molar-refractivity contribution in [3.63, 3.8) is 0 Å². The van der Waals surface area contributed by atoms with Crippen LogP contribution < -0.4 is 0 Å². The van der Waals surface area contributed by atoms with E-state index in [-0.39, 0.29) is 24.7 Å². The Balaban J connectivity index is 0.000000253. The maximum absolute atomic E-state index is 11.3. The molecule has 1 unspecified atom stereocenters. The van der Waals surface area contributed by atoms with Gasteiger partial charge >= 0.3 is 0 Å². The third-order valence-corrected chi connectivity index (χ3v) is 4.54. The van der Waals surface area contributed by atoms with Gasteiger partial charge in [-0.15, -0.1) is 0 Å². The van der Waals surface area contributed by atoms with Gasteiger partial charge in [0, 0.05) is 12.8 Å². The summed E-state index contributed by atoms with van der Waals surface area (Å²) in [5.41, 5.74) is 0. The molecule has 4 amide bonds. The average molecular weight is 352 g/mol. The number of hydrogen-bond donors (Lipinski definition) is 0. The van der Waals surface area contributed by atoms with Crippen molar-refractivity contribution >= 4 is 33.7 Å². The first-order chi connectivity index (χ1) is 10.7. The normalized spacial score (nSPS) is 21.8. The number of carbonyl (C=O) groups is 4. The zero-order chi connectivity index (χ0) is 17.8. The summed E-state index contributed by atoms with van der Waals surface area (Å²) in [5, 5.41) is -0.277. The highest BCUT2D eigenvalue weighted by atomic mass is 32.2. The van der Waals surface area contributed by atoms with Crippen LogP contribution in [-0.2, 0) is 43.2 Å². The molecule has 0 aliphatic carbocycles. The Morgan fingerprint density at radius 2 is 1.35 bits per heavy atom. The quantitative estimate of drug-likeness (QED) is 0.430. The van der Waals surface area contributed by atoms with E-state index >= 15 is 0 Å². The monoisotopic (exact) mass is 352 g/mol. The molecule has 0 spiro atoms. The summed E-state index contributed by atoms with van der Waals surface area (Å²) in [4.78, 5) is 52.4. The Morgan fingerprint density at radius 3 is 1.65 bits per heavy atom. The average Bonchev–Trinajstić information content (AvgIpc) is 2.99. The van der Waals surface area contributed by atoms with E-state index in [2.05, 4.69) is 13.9 Å². The van der Waals surface area contributed by atoms with Crippen LogP contribution in [0, 0.1) is 0 Å². The summed E-state index contributed by atoms with van der Waals surface area (Å²) in [5.74, 6) is -2.10. The Hall–Kier alpha value is -1.89. The van der Waals surface area contributed by atoms with Crippen LogP contribution in [0.3, 0.4) is 0 Å². The van der Waals surface area contributed by atoms with E-state index in [1.807, 2.05) is 0 Å². The first-order valence-electron chi connectivity index (χ1n) is 6.29. The second-order valence-electron chi connectivity index (χ2n) is 4.33. The Labute approximate surface area is 132 Å². The number of nitrogens with zero attached hydrogens (tertiary/aromatic N) is 2. The molecule has 12 heteroatoms. The second kappa shape index (κ2) is 7.59. The highest BCUT2D eigenvalue weighted by Crippen LogP contribution is 2.20. The highest BCUT2D eigenvalue weighted by molar-refractivity contribution is 7.88. The summed E-state index contributed by atoms with van der Waals surface area (Å²) in [7, 11) is -0.667. The number of amides is 4. The van der Waals surface area contributed by atoms with E-state index in [0.717, 1.165) is 19.3 Å². The lowest BCUT2D eigenvalue weighted by Crippen LogP contribution is -2.34. The molecule has 2 aliphatic heterocycles. The van der Waals surface area contributed by atoms with Crippen molar-refractivity contribution in [1.29, 1.82) is 0 Å². The lowest BCUT2D eigenvalue weighted by molar-refractivity contribution is -0.180. The third kappa shape index (κ3) is 4.10. The van der Waals surface area contributed by atoms with Gasteiger partial charge in [-0.1, -0.05) is 0 Å². The Morgan fingerprint density at radius 1 is 0.870 bits per heavy atom. The van der Waals surface area contributed by atoms with Crippen molar-refractivity contribution in [3.8, 4) is 0 Å². The predicted molar refractivity (Wildman–Crippen MR) is 71.3 cm³/mol. The van der Waals surface area contributed by atoms with E-state index in [4.69, 9.17) is 0 Å². The standard InChI is InChI=1S/C6H9NO6S.C5H7NO3/c1-12-7-5(8)3-4(6(7)9)14(10,11)13-2;1-9-6-4(7)2-3-5(6)8/h4H,3H2,1-2H3;2-3H2,1H3. The first-order valence-corrected chi connectivity index (χ1v) is 7.77. The molecule has 0 aromatic rings. The van der Waals surface area contributed by atoms with E-state index < -0.39 is 33.6 Å². The molecule has 0 radical (unpaired) electrons. The van der Waals surface area contributed by atoms with Crippen molar-refractivity contribution in [2.75, 3.05) is 21.3 Å². The van der Waals surface area contributed by atoms with Gasteiger partial charge in [-0.05, 0) is 0 Å². The third-order valence-electron chi connectivity index (χ3n) is 3.01. The maximum Gasteiger partial charge on any atom is 0.279 e. The summed E-state index contributed by atoms with van der Waals surface area (Å²) < 4.78 is 26.4. The molecule has 2 saturated heterocycles. The molecule has 11 nitrogen and oxygen atoms in total. The number of hydroxylamine groups is 4. The van der Waals surface area contributed by atoms with Crippen LogP contribution in [0.4, 0.5) is 0 Å². The van der Waals surface area contributed by atoms with Gasteiger partial charge in [0.1, 0.15) is 0 Å². The van der Waals surface area contributed by atoms with Crippen molar-refractivity contribution in [3.05, 3.63) is 0 Å². The molecule has 1 atom stereocenters. The molecule has 0 N–H and O–H groups in total. The number of imide groups is 2. The summed E-state index contributed by atoms with van der Waals surface area (Å²) in [6.07, 6.45) is 0.127. The van der Waals surface area contributed by atoms with Crippen LogP contribution in [0.15, 0.2) is 0 Å². The van der Waals surface area contributed by atoms with E-state index in [0.29, 0.717) is 5.06 Å². The molecular weight excluding hydrogens is 336 g/mol. The summed E-state index contributed by atoms with van der Waals surface area (Å²) >= 11 is 0. The van der Waals surface area contributed by atoms with Gasteiger partial charge < -0.3 is 0 Å². The van der Waals surface area contributed by atoms with Gasteiger partial charge in [0.15, 0.2) is 5.25 Å². The van der Waals surface area contributed by atoms with Gasteiger partial charge in [-0.25, -0.2) is 0 Å². The molecule has 2 rings (SSSR count). The number of hydrogen-bond acceptors (Lipinski definition) is 9. The van der Waals surface area contributed by atoms with Gasteiger partial charge in [0.05, 0.1) is 27.8 Å². The molecule has 130 valence electrons. The molecule has 2 fully saturated rings. The zero-order valence-corrected chi connectivity index (χ0v) is 13.5. The zero-order valence-electron chi connectivity index (χ0n) is 12.7. The van der Waals surface area contributed by atoms with Crippen LogP contribution in [0.1, 0.15) is 19.3 Å². The SMILES string of the molecule is CON1C(=O)CC(S(=O)(=O)OC)C1=O.CON1C(=O)CCC1=O. The second-order valence-corrected chi connectivity index (χ2v) is 6.21. The summed E-state index contributed by atoms with van der Waals surface area (Å²) in [6, 6.07) is 0. The van der Waals surface area contributed by atoms with E-state index in [1.54, 1.807) is 0 Å². The van der Waals surface area contributed by atoms with Crippen molar-refractivity contribution in [2.45, 2.75) is 24.5 Å². The minimum Gasteiger partial charge on any atom is -0.273 e. The highest BCUT2D eigenvalue weighted by Gasteiger charge is 2.47. The van der Waals surface area contributed by atoms with Crippen LogP contribution in [-0.4, -0.2) is 68.8 Å². The fourth-order valence-electron chi connectivity index (χ4n) is 1.88. The summed E-state index contributed by atoms with van der Waals surface area (Å²) in [6.45, 7) is 0. The van der Waals surface area contributed by atoms with Crippen molar-refractivity contribution in [1.82, 2.24) is 10.1 Å². The first kappa shape index (κ1) is 19.2. The number of rotatable bonds is 4. The largest absolute Gasteiger partial charge is 0.279 e. The van der Waals surface area contributed by atoms with Crippen LogP contribution >= 0.6 is 0 Å². The fraction of sp³-hybridized carbons (Fsp3) is 0.636. The van der Waals surface area contributed by atoms with Crippen LogP contribution in [0.25, 0.3) is 0 Å². The Bertz CT molecular complexity index is 599. The lowest BCUT2D eigenvalue weighted by Gasteiger charge is -2.10. The van der Waals surface area contributed by atoms with Gasteiger partial charge in [-0.3, -0.25) is 33.0 Å². The molecule has 2 aliphatic rings. The lowest BCUT2D eigenvalue weighted by atomic mass is 10.4. The van der Waals surface area contributed by atoms with E-state index in [9.17, 15) is 27.6 Å². The van der Waals surface area contributed by atoms with Crippen molar-refractivity contribution in [2.24, 2.45) is 0 Å². The molecule has 0 aromatic carbocycles. The molecule has 0 bridgehead atoms. The van der Waals surface area contributed by atoms with Crippen LogP contribution in [0.2, 0.25) is 0 Å². The minimum atomic E-state index is -4.02. The van der Waals surface area contributed by atoms with Crippen molar-refractivity contribution < 1.29 is 41.5 Å². The minimum absolute atomic E-state index is 0.248. The number of carbonyl (C=O) groups excluding carboxylic acids is 4. The predicted octanol–water partition coefficient (Wildman–Crippen LogP) is -1.65. The fourth-order valence-corrected chi connectivity index (χ4v) is 2.80. The maximum atomic E-state index is 11.3. The molecular formula is C11H16N2O9S. The van der Waals surface area contributed by atoms with Gasteiger partial charge in [-0.2, -0.15) is 18.5 Å². The molecule has 0 saturated carbocycles. The molecule has 2 heterocycles. The van der Waals surface area contributed by atoms with Gasteiger partial charge in [0.25, 0.3) is 33.7 Å². The smallest absolute Gasteiger partial charge is 0.273 e. The Kier molecular flexibility index (Phi) is 6.32. The van der Waals surface area contributed by atoms with E-state index in [1.165, 1.54) is 7.11 Å². The van der Waals surface area contributed by atoms with Crippen LogP contribution in [0.5, 0.6) is 0 Å². The van der Waals surface area contributed by atoms with Gasteiger partial charge in [0.2, 0.25) is 0 Å².